The van der Waals surface area contributed by atoms with Crippen molar-refractivity contribution in [3.8, 4) is 0 Å². The Balaban J connectivity index is 1.56. The van der Waals surface area contributed by atoms with Gasteiger partial charge in [-0.2, -0.15) is 0 Å². The fraction of sp³-hybridized carbons (Fsp3) is 0.481. The average molecular weight is 471 g/mol. The lowest BCUT2D eigenvalue weighted by Gasteiger charge is -2.23. The summed E-state index contributed by atoms with van der Waals surface area (Å²) in [5.74, 6) is -0.201. The quantitative estimate of drug-likeness (QED) is 0.225. The highest BCUT2D eigenvalue weighted by Crippen LogP contribution is 2.36. The number of carboxylic acids is 1. The highest BCUT2D eigenvalue weighted by Gasteiger charge is 2.18. The van der Waals surface area contributed by atoms with Gasteiger partial charge in [-0.3, -0.25) is 4.79 Å². The van der Waals surface area contributed by atoms with Crippen molar-refractivity contribution in [3.63, 3.8) is 0 Å². The number of benzene rings is 2. The molecular weight excluding hydrogens is 436 g/mol. The van der Waals surface area contributed by atoms with Gasteiger partial charge in [0.15, 0.2) is 0 Å². The van der Waals surface area contributed by atoms with Crippen molar-refractivity contribution in [2.45, 2.75) is 77.9 Å². The minimum absolute atomic E-state index is 0.122. The third-order valence-electron chi connectivity index (χ3n) is 6.38. The van der Waals surface area contributed by atoms with Gasteiger partial charge in [-0.05, 0) is 72.1 Å². The highest BCUT2D eigenvalue weighted by atomic mass is 35.5. The van der Waals surface area contributed by atoms with E-state index in [4.69, 9.17) is 21.5 Å². The van der Waals surface area contributed by atoms with Crippen LogP contribution in [0.4, 0.5) is 0 Å². The van der Waals surface area contributed by atoms with Gasteiger partial charge < -0.3 is 15.3 Å². The van der Waals surface area contributed by atoms with Gasteiger partial charge in [-0.15, -0.1) is 0 Å². The molecule has 0 radical (unpaired) electrons. The number of aryl methyl sites for hydroxylation is 1. The second-order valence-corrected chi connectivity index (χ2v) is 9.21. The van der Waals surface area contributed by atoms with E-state index in [2.05, 4.69) is 41.7 Å². The maximum atomic E-state index is 10.7. The predicted molar refractivity (Wildman–Crippen MR) is 134 cm³/mol. The molecule has 0 heterocycles. The summed E-state index contributed by atoms with van der Waals surface area (Å²) in [6, 6.07) is 12.5. The van der Waals surface area contributed by atoms with Crippen LogP contribution < -0.4 is 5.32 Å². The molecule has 1 saturated carbocycles. The zero-order valence-corrected chi connectivity index (χ0v) is 20.5. The van der Waals surface area contributed by atoms with Crippen LogP contribution >= 0.6 is 11.6 Å². The van der Waals surface area contributed by atoms with Gasteiger partial charge in [0.1, 0.15) is 6.61 Å². The lowest BCUT2D eigenvalue weighted by Crippen LogP contribution is -2.18. The Morgan fingerprint density at radius 1 is 1.15 bits per heavy atom. The zero-order chi connectivity index (χ0) is 23.6. The van der Waals surface area contributed by atoms with Crippen molar-refractivity contribution in [3.05, 3.63) is 69.2 Å². The summed E-state index contributed by atoms with van der Waals surface area (Å²) < 4.78 is 0. The van der Waals surface area contributed by atoms with E-state index < -0.39 is 5.97 Å². The minimum Gasteiger partial charge on any atom is -0.481 e. The van der Waals surface area contributed by atoms with E-state index in [0.717, 1.165) is 28.3 Å². The van der Waals surface area contributed by atoms with E-state index in [9.17, 15) is 4.79 Å². The molecule has 0 saturated heterocycles. The van der Waals surface area contributed by atoms with Crippen LogP contribution in [0.15, 0.2) is 41.6 Å². The fourth-order valence-electron chi connectivity index (χ4n) is 4.43. The first-order valence-electron chi connectivity index (χ1n) is 12.0. The van der Waals surface area contributed by atoms with Gasteiger partial charge in [0, 0.05) is 18.1 Å². The molecule has 0 unspecified atom stereocenters. The molecule has 1 fully saturated rings. The van der Waals surface area contributed by atoms with Crippen LogP contribution in [0.1, 0.15) is 86.1 Å². The second kappa shape index (κ2) is 12.8. The minimum atomic E-state index is -0.789. The molecule has 0 amide bonds. The van der Waals surface area contributed by atoms with Gasteiger partial charge in [-0.1, -0.05) is 67.2 Å². The first kappa shape index (κ1) is 25.3. The second-order valence-electron chi connectivity index (χ2n) is 8.80. The van der Waals surface area contributed by atoms with Crippen molar-refractivity contribution in [1.82, 2.24) is 5.32 Å². The van der Waals surface area contributed by atoms with Crippen LogP contribution in [0.25, 0.3) is 0 Å². The number of rotatable bonds is 11. The van der Waals surface area contributed by atoms with Crippen LogP contribution in [0, 0.1) is 0 Å². The molecule has 0 aromatic heterocycles. The Morgan fingerprint density at radius 3 is 2.64 bits per heavy atom. The van der Waals surface area contributed by atoms with Crippen LogP contribution in [0.5, 0.6) is 0 Å². The number of carbonyl (C=O) groups is 1. The molecule has 0 aliphatic heterocycles. The van der Waals surface area contributed by atoms with Gasteiger partial charge in [-0.25, -0.2) is 0 Å². The van der Waals surface area contributed by atoms with Crippen LogP contribution in [-0.2, 0) is 29.2 Å². The first-order valence-corrected chi connectivity index (χ1v) is 12.3. The Kier molecular flexibility index (Phi) is 9.76. The maximum Gasteiger partial charge on any atom is 0.304 e. The van der Waals surface area contributed by atoms with Gasteiger partial charge >= 0.3 is 5.97 Å². The van der Waals surface area contributed by atoms with Crippen LogP contribution in [0.3, 0.4) is 0 Å². The molecule has 0 atom stereocenters. The molecule has 0 bridgehead atoms. The molecule has 33 heavy (non-hydrogen) atoms. The van der Waals surface area contributed by atoms with E-state index in [1.165, 1.54) is 48.8 Å². The first-order chi connectivity index (χ1) is 16.0. The Bertz CT molecular complexity index is 968. The monoisotopic (exact) mass is 470 g/mol. The lowest BCUT2D eigenvalue weighted by atomic mass is 9.84. The summed E-state index contributed by atoms with van der Waals surface area (Å²) in [4.78, 5) is 16.3. The van der Waals surface area contributed by atoms with Crippen LogP contribution in [-0.4, -0.2) is 23.3 Å². The molecule has 5 nitrogen and oxygen atoms in total. The molecule has 3 rings (SSSR count). The topological polar surface area (TPSA) is 70.9 Å². The number of carboxylic acid groups (broad SMARTS) is 1. The zero-order valence-electron chi connectivity index (χ0n) is 19.7. The molecular formula is C27H35ClN2O3. The summed E-state index contributed by atoms with van der Waals surface area (Å²) in [7, 11) is 0. The van der Waals surface area contributed by atoms with Crippen LogP contribution in [0.2, 0.25) is 5.02 Å². The lowest BCUT2D eigenvalue weighted by molar-refractivity contribution is -0.136. The molecule has 2 aromatic rings. The third kappa shape index (κ3) is 7.58. The molecule has 2 N–H and O–H groups in total. The van der Waals surface area contributed by atoms with Crippen molar-refractivity contribution in [1.29, 1.82) is 0 Å². The SMILES string of the molecule is CCc1cc(C(C)=NOCc2ccc(C3CCCCC3)c(Cl)c2)ccc1CNCCC(=O)O. The molecule has 178 valence electrons. The number of hydrogen-bond donors (Lipinski definition) is 2. The van der Waals surface area contributed by atoms with E-state index in [1.807, 2.05) is 19.1 Å². The summed E-state index contributed by atoms with van der Waals surface area (Å²) in [5.41, 5.74) is 6.52. The maximum absolute atomic E-state index is 10.7. The van der Waals surface area contributed by atoms with E-state index in [0.29, 0.717) is 25.6 Å². The third-order valence-corrected chi connectivity index (χ3v) is 6.71. The Labute approximate surface area is 202 Å². The summed E-state index contributed by atoms with van der Waals surface area (Å²) >= 11 is 6.58. The Morgan fingerprint density at radius 2 is 1.94 bits per heavy atom. The summed E-state index contributed by atoms with van der Waals surface area (Å²) in [5, 5.41) is 17.1. The van der Waals surface area contributed by atoms with Gasteiger partial charge in [0.2, 0.25) is 0 Å². The van der Waals surface area contributed by atoms with Crippen molar-refractivity contribution < 1.29 is 14.7 Å². The summed E-state index contributed by atoms with van der Waals surface area (Å²) in [6.07, 6.45) is 7.40. The standard InChI is InChI=1S/C27H35ClN2O3/c1-3-21-16-23(10-11-24(21)17-29-14-13-27(31)32)19(2)30-33-18-20-9-12-25(26(28)15-20)22-7-5-4-6-8-22/h9-12,15-16,22,29H,3-8,13-14,17-18H2,1-2H3,(H,31,32). The smallest absolute Gasteiger partial charge is 0.304 e. The fourth-order valence-corrected chi connectivity index (χ4v) is 4.79. The number of nitrogens with one attached hydrogen (secondary N) is 1. The summed E-state index contributed by atoms with van der Waals surface area (Å²) in [6.45, 7) is 5.55. The predicted octanol–water partition coefficient (Wildman–Crippen LogP) is 6.46. The average Bonchev–Trinajstić information content (AvgIpc) is 2.82. The van der Waals surface area contributed by atoms with Crippen molar-refractivity contribution in [2.24, 2.45) is 5.16 Å². The molecule has 6 heteroatoms. The van der Waals surface area contributed by atoms with Crippen molar-refractivity contribution in [2.75, 3.05) is 6.54 Å². The van der Waals surface area contributed by atoms with Gasteiger partial charge in [0.05, 0.1) is 12.1 Å². The number of halogens is 1. The Hall–Kier alpha value is -2.37. The molecule has 2 aromatic carbocycles. The number of nitrogens with zero attached hydrogens (tertiary/aromatic N) is 1. The van der Waals surface area contributed by atoms with E-state index in [-0.39, 0.29) is 6.42 Å². The molecule has 0 spiro atoms. The van der Waals surface area contributed by atoms with E-state index >= 15 is 0 Å². The molecule has 1 aliphatic rings. The number of hydrogen-bond acceptors (Lipinski definition) is 4. The normalized spacial score (nSPS) is 14.9. The number of oxime groups is 1. The largest absolute Gasteiger partial charge is 0.481 e. The highest BCUT2D eigenvalue weighted by molar-refractivity contribution is 6.31. The molecule has 1 aliphatic carbocycles. The van der Waals surface area contributed by atoms with Crippen molar-refractivity contribution >= 4 is 23.3 Å². The van der Waals surface area contributed by atoms with E-state index in [1.54, 1.807) is 0 Å². The number of aliphatic carboxylic acids is 1. The van der Waals surface area contributed by atoms with Gasteiger partial charge in [0.25, 0.3) is 0 Å².